The molecule has 2 aliphatic heterocycles. The van der Waals surface area contributed by atoms with Crippen LogP contribution >= 0.6 is 0 Å². The first kappa shape index (κ1) is 27.6. The number of likely N-dealkylation sites (tertiary alicyclic amines) is 2. The molecular formula is C27H40N4O5. The second-order valence-corrected chi connectivity index (χ2v) is 11.5. The number of ether oxygens (including phenoxy) is 1. The van der Waals surface area contributed by atoms with E-state index in [0.717, 1.165) is 0 Å². The third-order valence-corrected chi connectivity index (χ3v) is 6.83. The van der Waals surface area contributed by atoms with Crippen LogP contribution in [-0.4, -0.2) is 77.7 Å². The van der Waals surface area contributed by atoms with Crippen molar-refractivity contribution in [1.29, 1.82) is 0 Å². The van der Waals surface area contributed by atoms with Crippen LogP contribution < -0.4 is 11.1 Å². The molecular weight excluding hydrogens is 460 g/mol. The SMILES string of the molecule is COC(CC(C)(C)C)C(=O)N1CC(=O)C2C1CCN2C(=O)C(CC(C)C)NC(=O)c1ccc(N)cc1. The summed E-state index contributed by atoms with van der Waals surface area (Å²) < 4.78 is 5.50. The Morgan fingerprint density at radius 2 is 1.75 bits per heavy atom. The fraction of sp³-hybridized carbons (Fsp3) is 0.630. The van der Waals surface area contributed by atoms with Crippen LogP contribution in [0.1, 0.15) is 64.2 Å². The van der Waals surface area contributed by atoms with Crippen molar-refractivity contribution >= 4 is 29.2 Å². The second-order valence-electron chi connectivity index (χ2n) is 11.5. The molecule has 36 heavy (non-hydrogen) atoms. The standard InChI is InChI=1S/C27H40N4O5/c1-16(2)13-19(29-24(33)17-7-9-18(28)10-8-17)25(34)30-12-11-20-23(30)21(32)15-31(20)26(35)22(36-6)14-27(3,4)5/h7-10,16,19-20,22-23H,11-15,28H2,1-6H3,(H,29,33). The number of hydrogen-bond acceptors (Lipinski definition) is 6. The lowest BCUT2D eigenvalue weighted by atomic mass is 9.88. The van der Waals surface area contributed by atoms with Crippen LogP contribution in [0.3, 0.4) is 0 Å². The van der Waals surface area contributed by atoms with Crippen LogP contribution in [0.2, 0.25) is 0 Å². The molecule has 3 amide bonds. The molecule has 9 heteroatoms. The third-order valence-electron chi connectivity index (χ3n) is 6.83. The minimum Gasteiger partial charge on any atom is -0.399 e. The Morgan fingerprint density at radius 1 is 1.11 bits per heavy atom. The summed E-state index contributed by atoms with van der Waals surface area (Å²) in [6.07, 6.45) is 0.830. The lowest BCUT2D eigenvalue weighted by Gasteiger charge is -2.31. The minimum atomic E-state index is -0.779. The topological polar surface area (TPSA) is 122 Å². The quantitative estimate of drug-likeness (QED) is 0.528. The summed E-state index contributed by atoms with van der Waals surface area (Å²) in [5.74, 6) is -0.887. The molecule has 0 aliphatic carbocycles. The molecule has 0 aromatic heterocycles. The van der Waals surface area contributed by atoms with E-state index in [9.17, 15) is 19.2 Å². The molecule has 198 valence electrons. The number of nitrogens with two attached hydrogens (primary N) is 1. The van der Waals surface area contributed by atoms with Gasteiger partial charge < -0.3 is 25.6 Å². The smallest absolute Gasteiger partial charge is 0.252 e. The number of Topliss-reactive ketones (excluding diaryl/α,β-unsaturated/α-hetero) is 1. The van der Waals surface area contributed by atoms with Gasteiger partial charge in [-0.15, -0.1) is 0 Å². The molecule has 2 fully saturated rings. The molecule has 1 aromatic carbocycles. The number of benzene rings is 1. The Morgan fingerprint density at radius 3 is 2.31 bits per heavy atom. The fourth-order valence-corrected chi connectivity index (χ4v) is 5.14. The monoisotopic (exact) mass is 500 g/mol. The summed E-state index contributed by atoms with van der Waals surface area (Å²) in [6.45, 7) is 10.4. The summed E-state index contributed by atoms with van der Waals surface area (Å²) >= 11 is 0. The molecule has 0 spiro atoms. The van der Waals surface area contributed by atoms with Gasteiger partial charge in [0.05, 0.1) is 12.6 Å². The first-order valence-electron chi connectivity index (χ1n) is 12.6. The number of nitrogens with zero attached hydrogens (tertiary/aromatic N) is 2. The number of rotatable bonds is 8. The lowest BCUT2D eigenvalue weighted by Crippen LogP contribution is -2.53. The average molecular weight is 501 g/mol. The average Bonchev–Trinajstić information content (AvgIpc) is 3.37. The van der Waals surface area contributed by atoms with Gasteiger partial charge in [-0.25, -0.2) is 0 Å². The van der Waals surface area contributed by atoms with E-state index in [1.54, 1.807) is 34.1 Å². The van der Waals surface area contributed by atoms with Gasteiger partial charge in [0.25, 0.3) is 11.8 Å². The van der Waals surface area contributed by atoms with Gasteiger partial charge in [0.15, 0.2) is 5.78 Å². The molecule has 3 N–H and O–H groups in total. The number of fused-ring (bicyclic) bond motifs is 1. The van der Waals surface area contributed by atoms with E-state index in [0.29, 0.717) is 37.1 Å². The summed E-state index contributed by atoms with van der Waals surface area (Å²) in [5.41, 5.74) is 6.54. The molecule has 0 saturated carbocycles. The van der Waals surface area contributed by atoms with Crippen molar-refractivity contribution < 1.29 is 23.9 Å². The van der Waals surface area contributed by atoms with Gasteiger partial charge in [0, 0.05) is 24.9 Å². The first-order valence-corrected chi connectivity index (χ1v) is 12.6. The molecule has 2 heterocycles. The number of ketones is 1. The van der Waals surface area contributed by atoms with Crippen LogP contribution in [0.5, 0.6) is 0 Å². The minimum absolute atomic E-state index is 0.0331. The van der Waals surface area contributed by atoms with Gasteiger partial charge in [0.2, 0.25) is 5.91 Å². The summed E-state index contributed by atoms with van der Waals surface area (Å²) in [6, 6.07) is 4.64. The predicted octanol–water partition coefficient (Wildman–Crippen LogP) is 2.25. The molecule has 4 atom stereocenters. The molecule has 9 nitrogen and oxygen atoms in total. The zero-order chi connectivity index (χ0) is 26.8. The molecule has 0 bridgehead atoms. The summed E-state index contributed by atoms with van der Waals surface area (Å²) in [4.78, 5) is 56.0. The van der Waals surface area contributed by atoms with Crippen LogP contribution in [0.4, 0.5) is 5.69 Å². The highest BCUT2D eigenvalue weighted by Crippen LogP contribution is 2.33. The van der Waals surface area contributed by atoms with Gasteiger partial charge in [-0.05, 0) is 54.9 Å². The van der Waals surface area contributed by atoms with Crippen LogP contribution in [0, 0.1) is 11.3 Å². The maximum absolute atomic E-state index is 13.7. The number of carbonyl (C=O) groups is 4. The molecule has 2 saturated heterocycles. The Hall–Kier alpha value is -2.94. The molecule has 3 rings (SSSR count). The Balaban J connectivity index is 1.76. The van der Waals surface area contributed by atoms with E-state index < -0.39 is 18.2 Å². The number of amides is 3. The lowest BCUT2D eigenvalue weighted by molar-refractivity contribution is -0.145. The zero-order valence-electron chi connectivity index (χ0n) is 22.2. The van der Waals surface area contributed by atoms with Crippen molar-refractivity contribution in [2.75, 3.05) is 25.9 Å². The van der Waals surface area contributed by atoms with Gasteiger partial charge in [-0.3, -0.25) is 19.2 Å². The molecule has 4 unspecified atom stereocenters. The van der Waals surface area contributed by atoms with E-state index in [1.165, 1.54) is 7.11 Å². The van der Waals surface area contributed by atoms with E-state index >= 15 is 0 Å². The van der Waals surface area contributed by atoms with Crippen molar-refractivity contribution in [3.8, 4) is 0 Å². The van der Waals surface area contributed by atoms with E-state index in [-0.39, 0.29) is 47.4 Å². The van der Waals surface area contributed by atoms with Crippen molar-refractivity contribution in [1.82, 2.24) is 15.1 Å². The number of hydrogen-bond donors (Lipinski definition) is 2. The predicted molar refractivity (Wildman–Crippen MR) is 137 cm³/mol. The number of nitrogen functional groups attached to an aromatic ring is 1. The van der Waals surface area contributed by atoms with Crippen LogP contribution in [0.15, 0.2) is 24.3 Å². The number of methoxy groups -OCH3 is 1. The van der Waals surface area contributed by atoms with E-state index in [1.807, 2.05) is 34.6 Å². The number of carbonyl (C=O) groups excluding carboxylic acids is 4. The highest BCUT2D eigenvalue weighted by Gasteiger charge is 2.53. The molecule has 2 aliphatic rings. The van der Waals surface area contributed by atoms with Gasteiger partial charge in [-0.2, -0.15) is 0 Å². The maximum Gasteiger partial charge on any atom is 0.252 e. The normalized spacial score (nSPS) is 21.5. The molecule has 0 radical (unpaired) electrons. The fourth-order valence-electron chi connectivity index (χ4n) is 5.14. The number of nitrogens with one attached hydrogen (secondary N) is 1. The van der Waals surface area contributed by atoms with Crippen molar-refractivity contribution in [3.05, 3.63) is 29.8 Å². The highest BCUT2D eigenvalue weighted by molar-refractivity contribution is 6.01. The van der Waals surface area contributed by atoms with Crippen molar-refractivity contribution in [2.24, 2.45) is 11.3 Å². The zero-order valence-corrected chi connectivity index (χ0v) is 22.2. The summed E-state index contributed by atoms with van der Waals surface area (Å²) in [5, 5.41) is 2.86. The second kappa shape index (κ2) is 11.0. The largest absolute Gasteiger partial charge is 0.399 e. The highest BCUT2D eigenvalue weighted by atomic mass is 16.5. The van der Waals surface area contributed by atoms with Gasteiger partial charge in [-0.1, -0.05) is 34.6 Å². The molecule has 1 aromatic rings. The Labute approximate surface area is 213 Å². The Bertz CT molecular complexity index is 985. The number of anilines is 1. The first-order chi connectivity index (χ1) is 16.8. The van der Waals surface area contributed by atoms with Gasteiger partial charge in [0.1, 0.15) is 18.2 Å². The Kier molecular flexibility index (Phi) is 8.44. The van der Waals surface area contributed by atoms with Gasteiger partial charge >= 0.3 is 0 Å². The maximum atomic E-state index is 13.7. The van der Waals surface area contributed by atoms with Crippen LogP contribution in [0.25, 0.3) is 0 Å². The van der Waals surface area contributed by atoms with Crippen molar-refractivity contribution in [3.63, 3.8) is 0 Å². The van der Waals surface area contributed by atoms with Crippen molar-refractivity contribution in [2.45, 2.75) is 78.1 Å². The van der Waals surface area contributed by atoms with E-state index in [4.69, 9.17) is 10.5 Å². The van der Waals surface area contributed by atoms with E-state index in [2.05, 4.69) is 5.32 Å². The third kappa shape index (κ3) is 6.24. The summed E-state index contributed by atoms with van der Waals surface area (Å²) in [7, 11) is 1.51. The van der Waals surface area contributed by atoms with Crippen LogP contribution in [-0.2, 0) is 19.1 Å².